The lowest BCUT2D eigenvalue weighted by atomic mass is 10.0. The molecule has 0 amide bonds. The molecule has 3 nitrogen and oxygen atoms in total. The molecule has 119 valence electrons. The van der Waals surface area contributed by atoms with Crippen molar-refractivity contribution >= 4 is 6.29 Å². The largest absolute Gasteiger partial charge is 0.289 e. The number of benzene rings is 3. The number of carbonyl (C=O) groups excluding carboxylic acids is 1. The first-order valence-electron chi connectivity index (χ1n) is 8.05. The van der Waals surface area contributed by atoms with Crippen LogP contribution in [0.15, 0.2) is 91.0 Å². The number of aromatic nitrogens is 2. The fourth-order valence-corrected chi connectivity index (χ4v) is 2.98. The molecule has 3 aromatic carbocycles. The molecule has 1 aromatic heterocycles. The van der Waals surface area contributed by atoms with E-state index in [1.807, 2.05) is 102 Å². The SMILES string of the molecule is O=[C]c1nc(-c2ccccc2)c(-c2ccccc2)n1-c1ccccc1. The molecule has 0 bridgehead atoms. The van der Waals surface area contributed by atoms with E-state index in [1.165, 1.54) is 0 Å². The fourth-order valence-electron chi connectivity index (χ4n) is 2.98. The van der Waals surface area contributed by atoms with Crippen molar-refractivity contribution in [2.24, 2.45) is 0 Å². The number of nitrogens with zero attached hydrogens (tertiary/aromatic N) is 2. The van der Waals surface area contributed by atoms with Crippen LogP contribution >= 0.6 is 0 Å². The second kappa shape index (κ2) is 6.57. The third-order valence-electron chi connectivity index (χ3n) is 4.08. The first-order valence-corrected chi connectivity index (χ1v) is 8.05. The summed E-state index contributed by atoms with van der Waals surface area (Å²) >= 11 is 0. The van der Waals surface area contributed by atoms with Crippen LogP contribution in [0.1, 0.15) is 5.82 Å². The second-order valence-electron chi connectivity index (χ2n) is 5.64. The van der Waals surface area contributed by atoms with Gasteiger partial charge in [-0.25, -0.2) is 4.98 Å². The maximum absolute atomic E-state index is 11.6. The topological polar surface area (TPSA) is 34.9 Å². The molecule has 0 spiro atoms. The molecule has 0 aliphatic rings. The summed E-state index contributed by atoms with van der Waals surface area (Å²) in [4.78, 5) is 16.2. The predicted molar refractivity (Wildman–Crippen MR) is 99.2 cm³/mol. The van der Waals surface area contributed by atoms with Gasteiger partial charge in [0, 0.05) is 16.8 Å². The van der Waals surface area contributed by atoms with Gasteiger partial charge in [-0.1, -0.05) is 78.9 Å². The molecule has 0 atom stereocenters. The van der Waals surface area contributed by atoms with Gasteiger partial charge in [-0.15, -0.1) is 0 Å². The standard InChI is InChI=1S/C22H15N2O/c25-16-20-23-21(17-10-4-1-5-11-17)22(18-12-6-2-7-13-18)24(20)19-14-8-3-9-15-19/h1-15H. The molecular weight excluding hydrogens is 308 g/mol. The molecule has 0 saturated carbocycles. The Balaban J connectivity index is 2.07. The van der Waals surface area contributed by atoms with Crippen LogP contribution in [-0.2, 0) is 4.79 Å². The van der Waals surface area contributed by atoms with E-state index >= 15 is 0 Å². The van der Waals surface area contributed by atoms with Gasteiger partial charge in [0.25, 0.3) is 6.29 Å². The van der Waals surface area contributed by atoms with Gasteiger partial charge in [0.05, 0.1) is 11.4 Å². The number of imidazole rings is 1. The van der Waals surface area contributed by atoms with E-state index in [0.717, 1.165) is 28.2 Å². The summed E-state index contributed by atoms with van der Waals surface area (Å²) in [6.07, 6.45) is 2.00. The molecule has 4 rings (SSSR count). The Hall–Kier alpha value is -3.46. The normalized spacial score (nSPS) is 10.6. The Kier molecular flexibility index (Phi) is 3.97. The highest BCUT2D eigenvalue weighted by molar-refractivity contribution is 5.85. The minimum Gasteiger partial charge on any atom is -0.289 e. The van der Waals surface area contributed by atoms with Crippen LogP contribution in [0, 0.1) is 0 Å². The Morgan fingerprint density at radius 3 is 1.76 bits per heavy atom. The molecule has 1 heterocycles. The highest BCUT2D eigenvalue weighted by atomic mass is 16.1. The first-order chi connectivity index (χ1) is 12.4. The Bertz CT molecular complexity index is 990. The van der Waals surface area contributed by atoms with Crippen LogP contribution in [-0.4, -0.2) is 15.8 Å². The number of hydrogen-bond donors (Lipinski definition) is 0. The van der Waals surface area contributed by atoms with E-state index in [9.17, 15) is 4.79 Å². The zero-order valence-corrected chi connectivity index (χ0v) is 13.5. The summed E-state index contributed by atoms with van der Waals surface area (Å²) in [5, 5.41) is 0. The van der Waals surface area contributed by atoms with Crippen molar-refractivity contribution in [3.63, 3.8) is 0 Å². The van der Waals surface area contributed by atoms with E-state index in [2.05, 4.69) is 4.98 Å². The maximum atomic E-state index is 11.6. The Labute approximate surface area is 146 Å². The zero-order chi connectivity index (χ0) is 17.1. The summed E-state index contributed by atoms with van der Waals surface area (Å²) in [7, 11) is 0. The van der Waals surface area contributed by atoms with Gasteiger partial charge < -0.3 is 0 Å². The molecule has 25 heavy (non-hydrogen) atoms. The van der Waals surface area contributed by atoms with Crippen molar-refractivity contribution in [2.45, 2.75) is 0 Å². The number of hydrogen-bond acceptors (Lipinski definition) is 2. The predicted octanol–water partition coefficient (Wildman–Crippen LogP) is 4.66. The highest BCUT2D eigenvalue weighted by Gasteiger charge is 2.21. The number of rotatable bonds is 4. The highest BCUT2D eigenvalue weighted by Crippen LogP contribution is 2.34. The Morgan fingerprint density at radius 1 is 0.680 bits per heavy atom. The lowest BCUT2D eigenvalue weighted by molar-refractivity contribution is 0.559. The molecule has 0 saturated heterocycles. The van der Waals surface area contributed by atoms with Crippen molar-refractivity contribution in [1.29, 1.82) is 0 Å². The van der Waals surface area contributed by atoms with Crippen LogP contribution in [0.2, 0.25) is 0 Å². The summed E-state index contributed by atoms with van der Waals surface area (Å²) in [5.41, 5.74) is 4.51. The Morgan fingerprint density at radius 2 is 1.20 bits per heavy atom. The third kappa shape index (κ3) is 2.76. The molecular formula is C22H15N2O. The molecule has 0 aliphatic carbocycles. The van der Waals surface area contributed by atoms with Gasteiger partial charge in [-0.2, -0.15) is 0 Å². The van der Waals surface area contributed by atoms with Crippen molar-refractivity contribution in [3.05, 3.63) is 96.8 Å². The van der Waals surface area contributed by atoms with Crippen LogP contribution in [0.25, 0.3) is 28.2 Å². The zero-order valence-electron chi connectivity index (χ0n) is 13.5. The molecule has 0 fully saturated rings. The lowest BCUT2D eigenvalue weighted by Gasteiger charge is -2.11. The van der Waals surface area contributed by atoms with Crippen LogP contribution in [0.3, 0.4) is 0 Å². The van der Waals surface area contributed by atoms with Crippen molar-refractivity contribution in [1.82, 2.24) is 9.55 Å². The van der Waals surface area contributed by atoms with E-state index in [-0.39, 0.29) is 5.82 Å². The molecule has 3 heteroatoms. The fraction of sp³-hybridized carbons (Fsp3) is 0. The van der Waals surface area contributed by atoms with Gasteiger partial charge in [-0.3, -0.25) is 9.36 Å². The van der Waals surface area contributed by atoms with Gasteiger partial charge in [0.1, 0.15) is 0 Å². The quantitative estimate of drug-likeness (QED) is 0.547. The van der Waals surface area contributed by atoms with Crippen LogP contribution in [0.4, 0.5) is 0 Å². The summed E-state index contributed by atoms with van der Waals surface area (Å²) < 4.78 is 1.87. The molecule has 4 aromatic rings. The summed E-state index contributed by atoms with van der Waals surface area (Å²) in [6.45, 7) is 0. The molecule has 0 N–H and O–H groups in total. The van der Waals surface area contributed by atoms with Gasteiger partial charge in [0.15, 0.2) is 5.82 Å². The minimum absolute atomic E-state index is 0.268. The summed E-state index contributed by atoms with van der Waals surface area (Å²) in [5.74, 6) is 0.268. The third-order valence-corrected chi connectivity index (χ3v) is 4.08. The lowest BCUT2D eigenvalue weighted by Crippen LogP contribution is -2.02. The van der Waals surface area contributed by atoms with E-state index in [1.54, 1.807) is 0 Å². The molecule has 1 radical (unpaired) electrons. The van der Waals surface area contributed by atoms with Gasteiger partial charge >= 0.3 is 0 Å². The van der Waals surface area contributed by atoms with Crippen molar-refractivity contribution < 1.29 is 4.79 Å². The van der Waals surface area contributed by atoms with E-state index < -0.39 is 0 Å². The first kappa shape index (κ1) is 15.1. The van der Waals surface area contributed by atoms with Gasteiger partial charge in [-0.05, 0) is 12.1 Å². The smallest absolute Gasteiger partial charge is 0.272 e. The van der Waals surface area contributed by atoms with Crippen molar-refractivity contribution in [3.8, 4) is 28.2 Å². The summed E-state index contributed by atoms with van der Waals surface area (Å²) in [6, 6.07) is 29.7. The van der Waals surface area contributed by atoms with E-state index in [0.29, 0.717) is 0 Å². The minimum atomic E-state index is 0.268. The average Bonchev–Trinajstić information content (AvgIpc) is 3.10. The van der Waals surface area contributed by atoms with Crippen molar-refractivity contribution in [2.75, 3.05) is 0 Å². The average molecular weight is 323 g/mol. The monoisotopic (exact) mass is 323 g/mol. The maximum Gasteiger partial charge on any atom is 0.272 e. The van der Waals surface area contributed by atoms with Crippen LogP contribution < -0.4 is 0 Å². The number of para-hydroxylation sites is 1. The van der Waals surface area contributed by atoms with Gasteiger partial charge in [0.2, 0.25) is 0 Å². The molecule has 0 aliphatic heterocycles. The van der Waals surface area contributed by atoms with E-state index in [4.69, 9.17) is 0 Å². The van der Waals surface area contributed by atoms with Crippen LogP contribution in [0.5, 0.6) is 0 Å². The molecule has 0 unspecified atom stereocenters. The second-order valence-corrected chi connectivity index (χ2v) is 5.64.